The van der Waals surface area contributed by atoms with E-state index in [-0.39, 0.29) is 5.56 Å². The summed E-state index contributed by atoms with van der Waals surface area (Å²) < 4.78 is 17.6. The standard InChI is InChI=1S/C12H10FNO3/c1-17-10-5-8(12(15)16)4-7-2-3-9(6-13)14-11(7)10/h2-5H,6H2,1H3,(H,15,16). The fourth-order valence-corrected chi connectivity index (χ4v) is 1.60. The highest BCUT2D eigenvalue weighted by Gasteiger charge is 2.11. The predicted octanol–water partition coefficient (Wildman–Crippen LogP) is 2.41. The van der Waals surface area contributed by atoms with Crippen molar-refractivity contribution < 1.29 is 19.0 Å². The van der Waals surface area contributed by atoms with Crippen molar-refractivity contribution in [2.45, 2.75) is 6.67 Å². The molecule has 4 nitrogen and oxygen atoms in total. The Balaban J connectivity index is 2.72. The maximum absolute atomic E-state index is 12.5. The molecule has 0 aliphatic rings. The number of hydrogen-bond donors (Lipinski definition) is 1. The first-order valence-corrected chi connectivity index (χ1v) is 4.92. The zero-order valence-electron chi connectivity index (χ0n) is 9.11. The van der Waals surface area contributed by atoms with Gasteiger partial charge < -0.3 is 9.84 Å². The van der Waals surface area contributed by atoms with Crippen molar-refractivity contribution in [2.75, 3.05) is 7.11 Å². The molecule has 1 aromatic carbocycles. The Kier molecular flexibility index (Phi) is 2.91. The number of rotatable bonds is 3. The zero-order chi connectivity index (χ0) is 12.4. The van der Waals surface area contributed by atoms with Crippen LogP contribution in [-0.4, -0.2) is 23.2 Å². The number of fused-ring (bicyclic) bond motifs is 1. The molecule has 1 aromatic heterocycles. The van der Waals surface area contributed by atoms with E-state index in [2.05, 4.69) is 4.98 Å². The third kappa shape index (κ3) is 2.04. The molecule has 0 bridgehead atoms. The minimum atomic E-state index is -1.04. The molecular weight excluding hydrogens is 225 g/mol. The summed E-state index contributed by atoms with van der Waals surface area (Å²) in [5.41, 5.74) is 0.871. The Morgan fingerprint density at radius 3 is 2.82 bits per heavy atom. The van der Waals surface area contributed by atoms with Gasteiger partial charge in [0.2, 0.25) is 0 Å². The Morgan fingerprint density at radius 1 is 1.47 bits per heavy atom. The van der Waals surface area contributed by atoms with Crippen LogP contribution in [0.2, 0.25) is 0 Å². The van der Waals surface area contributed by atoms with Crippen molar-refractivity contribution in [1.82, 2.24) is 4.98 Å². The van der Waals surface area contributed by atoms with Crippen LogP contribution >= 0.6 is 0 Å². The molecule has 0 unspecified atom stereocenters. The summed E-state index contributed by atoms with van der Waals surface area (Å²) in [6.45, 7) is -0.667. The molecule has 0 saturated heterocycles. The van der Waals surface area contributed by atoms with Gasteiger partial charge in [-0.15, -0.1) is 0 Å². The molecule has 0 radical (unpaired) electrons. The molecule has 1 N–H and O–H groups in total. The van der Waals surface area contributed by atoms with Gasteiger partial charge in [0, 0.05) is 5.39 Å². The molecule has 0 spiro atoms. The average Bonchev–Trinajstić information content (AvgIpc) is 2.36. The first kappa shape index (κ1) is 11.3. The number of carboxylic acid groups (broad SMARTS) is 1. The van der Waals surface area contributed by atoms with E-state index < -0.39 is 12.6 Å². The van der Waals surface area contributed by atoms with Crippen LogP contribution in [0.1, 0.15) is 16.1 Å². The number of aromatic carboxylic acids is 1. The Bertz CT molecular complexity index is 583. The van der Waals surface area contributed by atoms with E-state index in [1.807, 2.05) is 0 Å². The van der Waals surface area contributed by atoms with E-state index in [0.717, 1.165) is 0 Å². The number of carbonyl (C=O) groups is 1. The van der Waals surface area contributed by atoms with E-state index in [0.29, 0.717) is 22.3 Å². The highest BCUT2D eigenvalue weighted by atomic mass is 19.1. The smallest absolute Gasteiger partial charge is 0.335 e. The van der Waals surface area contributed by atoms with Gasteiger partial charge in [-0.1, -0.05) is 6.07 Å². The van der Waals surface area contributed by atoms with Crippen LogP contribution in [0.4, 0.5) is 4.39 Å². The molecule has 2 aromatic rings. The number of alkyl halides is 1. The molecule has 17 heavy (non-hydrogen) atoms. The molecule has 1 heterocycles. The number of pyridine rings is 1. The second kappa shape index (κ2) is 4.37. The maximum Gasteiger partial charge on any atom is 0.335 e. The van der Waals surface area contributed by atoms with Gasteiger partial charge in [-0.3, -0.25) is 0 Å². The molecule has 5 heteroatoms. The van der Waals surface area contributed by atoms with Gasteiger partial charge in [0.25, 0.3) is 0 Å². The summed E-state index contributed by atoms with van der Waals surface area (Å²) in [6, 6.07) is 6.01. The summed E-state index contributed by atoms with van der Waals surface area (Å²) in [5.74, 6) is -0.713. The van der Waals surface area contributed by atoms with Crippen molar-refractivity contribution in [1.29, 1.82) is 0 Å². The molecule has 0 saturated carbocycles. The Hall–Kier alpha value is -2.17. The van der Waals surface area contributed by atoms with Crippen molar-refractivity contribution >= 4 is 16.9 Å². The summed E-state index contributed by atoms with van der Waals surface area (Å²) in [6.07, 6.45) is 0. The van der Waals surface area contributed by atoms with Gasteiger partial charge in [0.05, 0.1) is 18.4 Å². The molecule has 0 aliphatic carbocycles. The Morgan fingerprint density at radius 2 is 2.24 bits per heavy atom. The number of benzene rings is 1. The highest BCUT2D eigenvalue weighted by Crippen LogP contribution is 2.26. The topological polar surface area (TPSA) is 59.4 Å². The lowest BCUT2D eigenvalue weighted by Crippen LogP contribution is -1.99. The first-order chi connectivity index (χ1) is 8.15. The summed E-state index contributed by atoms with van der Waals surface area (Å²) in [4.78, 5) is 15.0. The molecule has 2 rings (SSSR count). The van der Waals surface area contributed by atoms with Crippen molar-refractivity contribution in [3.05, 3.63) is 35.5 Å². The largest absolute Gasteiger partial charge is 0.494 e. The molecule has 0 fully saturated rings. The van der Waals surface area contributed by atoms with E-state index in [1.165, 1.54) is 25.3 Å². The number of aromatic nitrogens is 1. The van der Waals surface area contributed by atoms with Gasteiger partial charge >= 0.3 is 5.97 Å². The SMILES string of the molecule is COc1cc(C(=O)O)cc2ccc(CF)nc12. The number of ether oxygens (including phenoxy) is 1. The predicted molar refractivity (Wildman–Crippen MR) is 60.1 cm³/mol. The molecule has 0 aliphatic heterocycles. The maximum atomic E-state index is 12.5. The zero-order valence-corrected chi connectivity index (χ0v) is 9.11. The van der Waals surface area contributed by atoms with Crippen LogP contribution in [-0.2, 0) is 6.67 Å². The number of nitrogens with zero attached hydrogens (tertiary/aromatic N) is 1. The molecular formula is C12H10FNO3. The summed E-state index contributed by atoms with van der Waals surface area (Å²) >= 11 is 0. The third-order valence-electron chi connectivity index (χ3n) is 2.42. The lowest BCUT2D eigenvalue weighted by Gasteiger charge is -2.07. The van der Waals surface area contributed by atoms with E-state index in [1.54, 1.807) is 6.07 Å². The van der Waals surface area contributed by atoms with Crippen molar-refractivity contribution in [2.24, 2.45) is 0 Å². The monoisotopic (exact) mass is 235 g/mol. The fourth-order valence-electron chi connectivity index (χ4n) is 1.60. The Labute approximate surface area is 96.7 Å². The van der Waals surface area contributed by atoms with Crippen LogP contribution in [0.5, 0.6) is 5.75 Å². The van der Waals surface area contributed by atoms with E-state index in [9.17, 15) is 9.18 Å². The molecule has 88 valence electrons. The van der Waals surface area contributed by atoms with Crippen LogP contribution in [0.25, 0.3) is 10.9 Å². The quantitative estimate of drug-likeness (QED) is 0.887. The first-order valence-electron chi connectivity index (χ1n) is 4.92. The van der Waals surface area contributed by atoms with Gasteiger partial charge in [-0.05, 0) is 18.2 Å². The molecule has 0 amide bonds. The number of hydrogen-bond acceptors (Lipinski definition) is 3. The van der Waals surface area contributed by atoms with Gasteiger partial charge in [-0.25, -0.2) is 14.2 Å². The summed E-state index contributed by atoms with van der Waals surface area (Å²) in [5, 5.41) is 9.54. The highest BCUT2D eigenvalue weighted by molar-refractivity contribution is 5.96. The van der Waals surface area contributed by atoms with Gasteiger partial charge in [-0.2, -0.15) is 0 Å². The van der Waals surface area contributed by atoms with E-state index >= 15 is 0 Å². The normalized spacial score (nSPS) is 10.5. The van der Waals surface area contributed by atoms with Crippen LogP contribution in [0.15, 0.2) is 24.3 Å². The van der Waals surface area contributed by atoms with Gasteiger partial charge in [0.1, 0.15) is 17.9 Å². The lowest BCUT2D eigenvalue weighted by molar-refractivity contribution is 0.0696. The number of methoxy groups -OCH3 is 1. The fraction of sp³-hybridized carbons (Fsp3) is 0.167. The summed E-state index contributed by atoms with van der Waals surface area (Å²) in [7, 11) is 1.42. The van der Waals surface area contributed by atoms with Crippen LogP contribution in [0, 0.1) is 0 Å². The van der Waals surface area contributed by atoms with Gasteiger partial charge in [0.15, 0.2) is 0 Å². The van der Waals surface area contributed by atoms with Crippen molar-refractivity contribution in [3.8, 4) is 5.75 Å². The second-order valence-electron chi connectivity index (χ2n) is 3.49. The second-order valence-corrected chi connectivity index (χ2v) is 3.49. The van der Waals surface area contributed by atoms with E-state index in [4.69, 9.17) is 9.84 Å². The minimum absolute atomic E-state index is 0.115. The lowest BCUT2D eigenvalue weighted by atomic mass is 10.1. The van der Waals surface area contributed by atoms with Crippen molar-refractivity contribution in [3.63, 3.8) is 0 Å². The average molecular weight is 235 g/mol. The molecule has 0 atom stereocenters. The van der Waals surface area contributed by atoms with Crippen LogP contribution < -0.4 is 4.74 Å². The minimum Gasteiger partial charge on any atom is -0.494 e. The number of halogens is 1. The number of carboxylic acids is 1. The third-order valence-corrected chi connectivity index (χ3v) is 2.42. The van der Waals surface area contributed by atoms with Crippen LogP contribution in [0.3, 0.4) is 0 Å².